The number of hydrogen-bond acceptors (Lipinski definition) is 5. The van der Waals surface area contributed by atoms with E-state index >= 15 is 0 Å². The number of carboxylic acids is 1. The normalized spacial score (nSPS) is 18.1. The van der Waals surface area contributed by atoms with Crippen molar-refractivity contribution in [3.8, 4) is 11.1 Å². The van der Waals surface area contributed by atoms with E-state index in [1.807, 2.05) is 11.4 Å². The maximum atomic E-state index is 13.2. The molecule has 1 aliphatic heterocycles. The number of thiophene rings is 1. The molecule has 27 heavy (non-hydrogen) atoms. The third-order valence-electron chi connectivity index (χ3n) is 4.51. The summed E-state index contributed by atoms with van der Waals surface area (Å²) in [6, 6.07) is 6.21. The van der Waals surface area contributed by atoms with Gasteiger partial charge in [-0.05, 0) is 49.0 Å². The summed E-state index contributed by atoms with van der Waals surface area (Å²) in [6.07, 6.45) is 3.24. The highest BCUT2D eigenvalue weighted by Crippen LogP contribution is 2.33. The van der Waals surface area contributed by atoms with Crippen LogP contribution in [0, 0.1) is 11.7 Å². The molecule has 5 nitrogen and oxygen atoms in total. The summed E-state index contributed by atoms with van der Waals surface area (Å²) in [6.45, 7) is 2.47. The predicted molar refractivity (Wildman–Crippen MR) is 105 cm³/mol. The Balaban J connectivity index is 1.52. The largest absolute Gasteiger partial charge is 0.481 e. The number of likely N-dealkylation sites (tertiary alicyclic amines) is 1. The van der Waals surface area contributed by atoms with Crippen molar-refractivity contribution in [3.63, 3.8) is 0 Å². The van der Waals surface area contributed by atoms with Gasteiger partial charge in [0.1, 0.15) is 12.4 Å². The Morgan fingerprint density at radius 3 is 3.07 bits per heavy atom. The van der Waals surface area contributed by atoms with Gasteiger partial charge >= 0.3 is 5.97 Å². The number of hydrogen-bond donors (Lipinski definition) is 1. The van der Waals surface area contributed by atoms with Crippen LogP contribution in [0.3, 0.4) is 0 Å². The van der Waals surface area contributed by atoms with E-state index in [0.29, 0.717) is 24.7 Å². The summed E-state index contributed by atoms with van der Waals surface area (Å²) < 4.78 is 13.2. The second kappa shape index (κ2) is 9.30. The summed E-state index contributed by atoms with van der Waals surface area (Å²) in [5.74, 6) is -1.40. The van der Waals surface area contributed by atoms with Crippen molar-refractivity contribution >= 4 is 35.1 Å². The monoisotopic (exact) mass is 410 g/mol. The van der Waals surface area contributed by atoms with Gasteiger partial charge in [0, 0.05) is 24.2 Å². The Morgan fingerprint density at radius 1 is 1.44 bits per heavy atom. The first kappa shape index (κ1) is 19.8. The van der Waals surface area contributed by atoms with E-state index in [-0.39, 0.29) is 11.7 Å². The highest BCUT2D eigenvalue weighted by molar-refractivity contribution is 7.12. The highest BCUT2D eigenvalue weighted by atomic mass is 35.5. The second-order valence-corrected chi connectivity index (χ2v) is 7.72. The minimum Gasteiger partial charge on any atom is -0.481 e. The van der Waals surface area contributed by atoms with Gasteiger partial charge in [-0.15, -0.1) is 11.3 Å². The third-order valence-corrected chi connectivity index (χ3v) is 5.68. The van der Waals surface area contributed by atoms with Crippen LogP contribution in [0.1, 0.15) is 17.7 Å². The fraction of sp³-hybridized carbons (Fsp3) is 0.368. The Morgan fingerprint density at radius 2 is 2.30 bits per heavy atom. The minimum atomic E-state index is -0.733. The van der Waals surface area contributed by atoms with Gasteiger partial charge in [-0.2, -0.15) is 0 Å². The smallest absolute Gasteiger partial charge is 0.307 e. The molecule has 0 aliphatic carbocycles. The molecular weight excluding hydrogens is 391 g/mol. The summed E-state index contributed by atoms with van der Waals surface area (Å²) in [4.78, 5) is 19.4. The first-order valence-electron chi connectivity index (χ1n) is 8.68. The van der Waals surface area contributed by atoms with Crippen molar-refractivity contribution in [3.05, 3.63) is 45.4 Å². The molecular formula is C19H20ClFN2O3S. The second-order valence-electron chi connectivity index (χ2n) is 6.37. The van der Waals surface area contributed by atoms with Crippen LogP contribution in [0.5, 0.6) is 0 Å². The SMILES string of the molecule is O=C(O)C1CCCN(CCO/N=C/c2sccc2-c2ccc(F)cc2Cl)C1. The molecule has 1 aromatic heterocycles. The van der Waals surface area contributed by atoms with E-state index < -0.39 is 5.97 Å². The molecule has 8 heteroatoms. The Labute approximate surface area is 166 Å². The maximum absolute atomic E-state index is 13.2. The molecule has 1 atom stereocenters. The van der Waals surface area contributed by atoms with E-state index in [4.69, 9.17) is 21.5 Å². The molecule has 0 amide bonds. The van der Waals surface area contributed by atoms with Gasteiger partial charge in [0.25, 0.3) is 0 Å². The van der Waals surface area contributed by atoms with Gasteiger partial charge in [0.05, 0.1) is 22.0 Å². The van der Waals surface area contributed by atoms with Gasteiger partial charge in [0.2, 0.25) is 0 Å². The number of piperidine rings is 1. The zero-order valence-corrected chi connectivity index (χ0v) is 16.2. The van der Waals surface area contributed by atoms with Crippen LogP contribution in [0.4, 0.5) is 4.39 Å². The molecule has 0 saturated carbocycles. The average Bonchev–Trinajstić information content (AvgIpc) is 3.10. The van der Waals surface area contributed by atoms with Gasteiger partial charge < -0.3 is 9.94 Å². The van der Waals surface area contributed by atoms with Gasteiger partial charge in [-0.3, -0.25) is 9.69 Å². The molecule has 1 fully saturated rings. The van der Waals surface area contributed by atoms with E-state index in [0.717, 1.165) is 35.4 Å². The molecule has 0 spiro atoms. The molecule has 2 aromatic rings. The van der Waals surface area contributed by atoms with Crippen molar-refractivity contribution in [2.75, 3.05) is 26.2 Å². The van der Waals surface area contributed by atoms with Crippen LogP contribution >= 0.6 is 22.9 Å². The maximum Gasteiger partial charge on any atom is 0.307 e. The lowest BCUT2D eigenvalue weighted by Gasteiger charge is -2.29. The molecule has 0 bridgehead atoms. The first-order valence-corrected chi connectivity index (χ1v) is 9.94. The molecule has 0 radical (unpaired) electrons. The third kappa shape index (κ3) is 5.28. The molecule has 1 saturated heterocycles. The molecule has 1 unspecified atom stereocenters. The number of carbonyl (C=O) groups is 1. The van der Waals surface area contributed by atoms with Crippen LogP contribution < -0.4 is 0 Å². The fourth-order valence-electron chi connectivity index (χ4n) is 3.12. The molecule has 1 aromatic carbocycles. The van der Waals surface area contributed by atoms with Crippen molar-refractivity contribution in [2.24, 2.45) is 11.1 Å². The Hall–Kier alpha value is -1.96. The van der Waals surface area contributed by atoms with Crippen molar-refractivity contribution in [1.82, 2.24) is 4.90 Å². The lowest BCUT2D eigenvalue weighted by atomic mass is 9.98. The topological polar surface area (TPSA) is 62.1 Å². The summed E-state index contributed by atoms with van der Waals surface area (Å²) in [5, 5.41) is 15.4. The van der Waals surface area contributed by atoms with E-state index in [2.05, 4.69) is 10.1 Å². The number of halogens is 2. The van der Waals surface area contributed by atoms with E-state index in [9.17, 15) is 9.18 Å². The predicted octanol–water partition coefficient (Wildman–Crippen LogP) is 4.35. The fourth-order valence-corrected chi connectivity index (χ4v) is 4.15. The number of oxime groups is 1. The lowest BCUT2D eigenvalue weighted by Crippen LogP contribution is -2.40. The van der Waals surface area contributed by atoms with Crippen LogP contribution in [0.25, 0.3) is 11.1 Å². The van der Waals surface area contributed by atoms with Crippen LogP contribution in [-0.4, -0.2) is 48.4 Å². The number of carboxylic acid groups (broad SMARTS) is 1. The highest BCUT2D eigenvalue weighted by Gasteiger charge is 2.24. The number of nitrogens with zero attached hydrogens (tertiary/aromatic N) is 2. The number of aliphatic carboxylic acids is 1. The number of rotatable bonds is 7. The average molecular weight is 411 g/mol. The molecule has 2 heterocycles. The molecule has 1 N–H and O–H groups in total. The molecule has 3 rings (SSSR count). The van der Waals surface area contributed by atoms with Crippen molar-refractivity contribution < 1.29 is 19.1 Å². The Bertz CT molecular complexity index is 827. The quantitative estimate of drug-likeness (QED) is 0.418. The molecule has 144 valence electrons. The van der Waals surface area contributed by atoms with Crippen LogP contribution in [0.2, 0.25) is 5.02 Å². The van der Waals surface area contributed by atoms with E-state index in [1.54, 1.807) is 12.3 Å². The van der Waals surface area contributed by atoms with Crippen molar-refractivity contribution in [2.45, 2.75) is 12.8 Å². The minimum absolute atomic E-state index is 0.295. The Kier molecular flexibility index (Phi) is 6.82. The van der Waals surface area contributed by atoms with Crippen molar-refractivity contribution in [1.29, 1.82) is 0 Å². The summed E-state index contributed by atoms with van der Waals surface area (Å²) in [5.41, 5.74) is 1.62. The lowest BCUT2D eigenvalue weighted by molar-refractivity contribution is -0.143. The van der Waals surface area contributed by atoms with Gasteiger partial charge in [-0.1, -0.05) is 16.8 Å². The van der Waals surface area contributed by atoms with Crippen LogP contribution in [0.15, 0.2) is 34.8 Å². The zero-order chi connectivity index (χ0) is 19.2. The standard InChI is InChI=1S/C19H20ClFN2O3S/c20-17-10-14(21)3-4-15(17)16-5-9-27-18(16)11-22-26-8-7-23-6-1-2-13(12-23)19(24)25/h3-5,9-11,13H,1-2,6-8,12H2,(H,24,25)/b22-11+. The summed E-state index contributed by atoms with van der Waals surface area (Å²) >= 11 is 7.63. The van der Waals surface area contributed by atoms with E-state index in [1.165, 1.54) is 23.5 Å². The summed E-state index contributed by atoms with van der Waals surface area (Å²) in [7, 11) is 0. The van der Waals surface area contributed by atoms with Gasteiger partial charge in [-0.25, -0.2) is 4.39 Å². The first-order chi connectivity index (χ1) is 13.0. The zero-order valence-electron chi connectivity index (χ0n) is 14.6. The number of benzene rings is 1. The van der Waals surface area contributed by atoms with Gasteiger partial charge in [0.15, 0.2) is 0 Å². The molecule has 1 aliphatic rings. The van der Waals surface area contributed by atoms with Crippen LogP contribution in [-0.2, 0) is 9.63 Å².